The molecule has 18 heavy (non-hydrogen) atoms. The molecule has 2 unspecified atom stereocenters. The van der Waals surface area contributed by atoms with E-state index in [1.807, 2.05) is 0 Å². The number of nitrogens with one attached hydrogen (secondary N) is 2. The van der Waals surface area contributed by atoms with Gasteiger partial charge in [-0.25, -0.2) is 0 Å². The maximum Gasteiger partial charge on any atom is 0.244 e. The number of piperazine rings is 1. The van der Waals surface area contributed by atoms with E-state index in [-0.39, 0.29) is 6.10 Å². The molecule has 0 saturated carbocycles. The van der Waals surface area contributed by atoms with Crippen LogP contribution in [-0.2, 0) is 4.74 Å². The van der Waals surface area contributed by atoms with E-state index in [1.54, 1.807) is 0 Å². The van der Waals surface area contributed by atoms with Crippen LogP contribution in [0.3, 0.4) is 0 Å². The third-order valence-electron chi connectivity index (χ3n) is 3.80. The summed E-state index contributed by atoms with van der Waals surface area (Å²) >= 11 is 0. The largest absolute Gasteiger partial charge is 0.370 e. The predicted octanol–water partition coefficient (Wildman–Crippen LogP) is 0.700. The third kappa shape index (κ3) is 2.22. The van der Waals surface area contributed by atoms with Gasteiger partial charge in [-0.1, -0.05) is 6.92 Å². The Balaban J connectivity index is 1.72. The highest BCUT2D eigenvalue weighted by molar-refractivity contribution is 5.30. The van der Waals surface area contributed by atoms with Crippen molar-refractivity contribution in [2.75, 3.05) is 31.1 Å². The monoisotopic (exact) mass is 251 g/mol. The van der Waals surface area contributed by atoms with Gasteiger partial charge in [0.2, 0.25) is 5.95 Å². The Kier molecular flexibility index (Phi) is 3.22. The highest BCUT2D eigenvalue weighted by Crippen LogP contribution is 2.32. The van der Waals surface area contributed by atoms with Crippen LogP contribution in [0.4, 0.5) is 5.95 Å². The number of ether oxygens (including phenoxy) is 1. The fourth-order valence-corrected chi connectivity index (χ4v) is 2.69. The number of hydrogen-bond donors (Lipinski definition) is 2. The topological polar surface area (TPSA) is 66.1 Å². The summed E-state index contributed by atoms with van der Waals surface area (Å²) < 4.78 is 5.71. The van der Waals surface area contributed by atoms with Gasteiger partial charge in [0, 0.05) is 32.3 Å². The minimum Gasteiger partial charge on any atom is -0.370 e. The Morgan fingerprint density at radius 2 is 2.28 bits per heavy atom. The zero-order chi connectivity index (χ0) is 12.5. The van der Waals surface area contributed by atoms with Crippen LogP contribution in [0.25, 0.3) is 0 Å². The summed E-state index contributed by atoms with van der Waals surface area (Å²) in [5.74, 6) is 2.20. The van der Waals surface area contributed by atoms with Gasteiger partial charge in [-0.3, -0.25) is 5.10 Å². The van der Waals surface area contributed by atoms with E-state index >= 15 is 0 Å². The van der Waals surface area contributed by atoms with E-state index in [1.165, 1.54) is 0 Å². The Morgan fingerprint density at radius 1 is 1.39 bits per heavy atom. The lowest BCUT2D eigenvalue weighted by Gasteiger charge is -2.30. The molecule has 1 aromatic heterocycles. The number of aromatic amines is 1. The molecule has 0 amide bonds. The number of rotatable bonds is 2. The summed E-state index contributed by atoms with van der Waals surface area (Å²) in [5.41, 5.74) is 0. The van der Waals surface area contributed by atoms with Gasteiger partial charge >= 0.3 is 0 Å². The summed E-state index contributed by atoms with van der Waals surface area (Å²) in [6.45, 7) is 8.11. The van der Waals surface area contributed by atoms with Crippen molar-refractivity contribution in [3.8, 4) is 0 Å². The van der Waals surface area contributed by atoms with Crippen LogP contribution in [0.1, 0.15) is 32.2 Å². The zero-order valence-electron chi connectivity index (χ0n) is 11.0. The normalized spacial score (nSPS) is 33.0. The van der Waals surface area contributed by atoms with Crippen molar-refractivity contribution in [3.05, 3.63) is 5.82 Å². The fourth-order valence-electron chi connectivity index (χ4n) is 2.69. The Labute approximate surface area is 107 Å². The molecular weight excluding hydrogens is 230 g/mol. The van der Waals surface area contributed by atoms with Crippen molar-refractivity contribution in [2.24, 2.45) is 5.92 Å². The molecule has 0 radical (unpaired) electrons. The molecule has 3 heterocycles. The number of nitrogens with zero attached hydrogens (tertiary/aromatic N) is 3. The van der Waals surface area contributed by atoms with Crippen molar-refractivity contribution >= 4 is 5.95 Å². The molecule has 3 rings (SSSR count). The molecule has 2 saturated heterocycles. The first kappa shape index (κ1) is 11.9. The molecule has 2 aliphatic heterocycles. The smallest absolute Gasteiger partial charge is 0.244 e. The number of anilines is 1. The van der Waals surface area contributed by atoms with Crippen LogP contribution in [0.5, 0.6) is 0 Å². The third-order valence-corrected chi connectivity index (χ3v) is 3.80. The van der Waals surface area contributed by atoms with E-state index in [4.69, 9.17) is 4.74 Å². The Hall–Kier alpha value is -1.14. The first-order valence-corrected chi connectivity index (χ1v) is 6.76. The van der Waals surface area contributed by atoms with Crippen molar-refractivity contribution < 1.29 is 4.74 Å². The summed E-state index contributed by atoms with van der Waals surface area (Å²) in [6.07, 6.45) is 1.19. The maximum absolute atomic E-state index is 5.71. The van der Waals surface area contributed by atoms with Crippen LogP contribution in [0.2, 0.25) is 0 Å². The number of H-pyrrole nitrogens is 1. The molecule has 0 spiro atoms. The average molecular weight is 251 g/mol. The molecule has 6 nitrogen and oxygen atoms in total. The molecule has 1 aromatic rings. The van der Waals surface area contributed by atoms with E-state index in [0.717, 1.165) is 44.4 Å². The van der Waals surface area contributed by atoms with Crippen LogP contribution >= 0.6 is 0 Å². The van der Waals surface area contributed by atoms with Gasteiger partial charge in [-0.15, -0.1) is 5.10 Å². The molecule has 100 valence electrons. The second-order valence-corrected chi connectivity index (χ2v) is 5.38. The Morgan fingerprint density at radius 3 is 3.00 bits per heavy atom. The molecule has 2 N–H and O–H groups in total. The van der Waals surface area contributed by atoms with Crippen molar-refractivity contribution in [3.63, 3.8) is 0 Å². The van der Waals surface area contributed by atoms with Gasteiger partial charge in [0.1, 0.15) is 6.10 Å². The number of hydrogen-bond acceptors (Lipinski definition) is 5. The van der Waals surface area contributed by atoms with Gasteiger partial charge < -0.3 is 15.0 Å². The van der Waals surface area contributed by atoms with Gasteiger partial charge in [0.25, 0.3) is 0 Å². The standard InChI is InChI=1S/C12H21N5O/c1-8-3-6-18-10(8)11-14-12(16-15-11)17-5-4-13-9(2)7-17/h8-10,13H,3-7H2,1-2H3,(H,14,15,16)/t8?,9-,10?/m1/s1. The predicted molar refractivity (Wildman–Crippen MR) is 68.5 cm³/mol. The molecule has 6 heteroatoms. The number of aromatic nitrogens is 3. The fraction of sp³-hybridized carbons (Fsp3) is 0.833. The summed E-state index contributed by atoms with van der Waals surface area (Å²) in [5, 5.41) is 10.8. The summed E-state index contributed by atoms with van der Waals surface area (Å²) in [6, 6.07) is 0.488. The van der Waals surface area contributed by atoms with E-state index in [0.29, 0.717) is 12.0 Å². The average Bonchev–Trinajstić information content (AvgIpc) is 2.97. The van der Waals surface area contributed by atoms with E-state index in [9.17, 15) is 0 Å². The lowest BCUT2D eigenvalue weighted by molar-refractivity contribution is 0.0876. The van der Waals surface area contributed by atoms with Crippen molar-refractivity contribution in [1.82, 2.24) is 20.5 Å². The molecule has 0 aromatic carbocycles. The highest BCUT2D eigenvalue weighted by Gasteiger charge is 2.29. The quantitative estimate of drug-likeness (QED) is 0.810. The molecule has 3 atom stereocenters. The van der Waals surface area contributed by atoms with Crippen LogP contribution in [0.15, 0.2) is 0 Å². The second kappa shape index (κ2) is 4.85. The lowest BCUT2D eigenvalue weighted by atomic mass is 10.0. The van der Waals surface area contributed by atoms with Crippen LogP contribution in [0, 0.1) is 5.92 Å². The van der Waals surface area contributed by atoms with Gasteiger partial charge in [0.15, 0.2) is 5.82 Å². The Bertz CT molecular complexity index is 407. The minimum absolute atomic E-state index is 0.0894. The first-order valence-electron chi connectivity index (χ1n) is 6.76. The highest BCUT2D eigenvalue weighted by atomic mass is 16.5. The van der Waals surface area contributed by atoms with Crippen LogP contribution < -0.4 is 10.2 Å². The molecule has 2 aliphatic rings. The lowest BCUT2D eigenvalue weighted by Crippen LogP contribution is -2.49. The maximum atomic E-state index is 5.71. The van der Waals surface area contributed by atoms with Gasteiger partial charge in [0.05, 0.1) is 0 Å². The summed E-state index contributed by atoms with van der Waals surface area (Å²) in [7, 11) is 0. The second-order valence-electron chi connectivity index (χ2n) is 5.38. The van der Waals surface area contributed by atoms with E-state index in [2.05, 4.69) is 39.2 Å². The van der Waals surface area contributed by atoms with Crippen LogP contribution in [-0.4, -0.2) is 47.5 Å². The van der Waals surface area contributed by atoms with Gasteiger partial charge in [-0.05, 0) is 19.3 Å². The molecular formula is C12H21N5O. The van der Waals surface area contributed by atoms with E-state index < -0.39 is 0 Å². The minimum atomic E-state index is 0.0894. The molecule has 0 bridgehead atoms. The van der Waals surface area contributed by atoms with Crippen molar-refractivity contribution in [2.45, 2.75) is 32.4 Å². The van der Waals surface area contributed by atoms with Crippen molar-refractivity contribution in [1.29, 1.82) is 0 Å². The molecule has 0 aliphatic carbocycles. The summed E-state index contributed by atoms with van der Waals surface area (Å²) in [4.78, 5) is 6.83. The SMILES string of the molecule is CC1CCOC1c1nc(N2CCN[C@H](C)C2)n[nH]1. The van der Waals surface area contributed by atoms with Gasteiger partial charge in [-0.2, -0.15) is 4.98 Å². The zero-order valence-corrected chi connectivity index (χ0v) is 11.0. The molecule has 2 fully saturated rings. The first-order chi connectivity index (χ1) is 8.74.